The molecule has 4 aromatic carbocycles. The van der Waals surface area contributed by atoms with Gasteiger partial charge in [-0.3, -0.25) is 14.4 Å². The number of rotatable bonds is 15. The topological polar surface area (TPSA) is 211 Å². The van der Waals surface area contributed by atoms with Gasteiger partial charge in [-0.1, -0.05) is 54.6 Å². The Balaban J connectivity index is 0.950. The Bertz CT molecular complexity index is 2250. The van der Waals surface area contributed by atoms with E-state index in [2.05, 4.69) is 15.6 Å². The van der Waals surface area contributed by atoms with Gasteiger partial charge < -0.3 is 50.4 Å². The fourth-order valence-corrected chi connectivity index (χ4v) is 6.90. The lowest BCUT2D eigenvalue weighted by molar-refractivity contribution is -0.155. The molecule has 0 radical (unpaired) electrons. The number of aromatic hydroxyl groups is 1. The van der Waals surface area contributed by atoms with Crippen LogP contribution in [0.25, 0.3) is 10.9 Å². The molecule has 292 valence electrons. The molecule has 1 aromatic heterocycles. The van der Waals surface area contributed by atoms with Gasteiger partial charge in [0.05, 0.1) is 18.7 Å². The number of aliphatic hydroxyl groups is 2. The fraction of sp³-hybridized carbons (Fsp3) is 0.286. The average Bonchev–Trinajstić information content (AvgIpc) is 3.22. The van der Waals surface area contributed by atoms with Crippen LogP contribution in [-0.4, -0.2) is 88.0 Å². The van der Waals surface area contributed by atoms with Gasteiger partial charge in [-0.05, 0) is 66.3 Å². The number of aromatic nitrogens is 1. The highest BCUT2D eigenvalue weighted by molar-refractivity contribution is 5.94. The number of fused-ring (bicyclic) bond motifs is 1. The van der Waals surface area contributed by atoms with Crippen LogP contribution in [0.3, 0.4) is 0 Å². The minimum atomic E-state index is -2.29. The molecule has 0 saturated carbocycles. The Morgan fingerprint density at radius 2 is 1.70 bits per heavy atom. The summed E-state index contributed by atoms with van der Waals surface area (Å²) in [5, 5.41) is 48.8. The van der Waals surface area contributed by atoms with Crippen molar-refractivity contribution in [2.45, 2.75) is 31.1 Å². The molecule has 1 aliphatic rings. The molecule has 5 aromatic rings. The van der Waals surface area contributed by atoms with E-state index < -0.39 is 17.7 Å². The summed E-state index contributed by atoms with van der Waals surface area (Å²) in [6, 6.07) is 25.2. The van der Waals surface area contributed by atoms with Crippen molar-refractivity contribution in [1.29, 1.82) is 0 Å². The zero-order chi connectivity index (χ0) is 39.8. The molecule has 7 N–H and O–H groups in total. The van der Waals surface area contributed by atoms with Crippen molar-refractivity contribution in [3.05, 3.63) is 135 Å². The van der Waals surface area contributed by atoms with Crippen molar-refractivity contribution in [1.82, 2.24) is 20.5 Å². The highest BCUT2D eigenvalue weighted by atomic mass is 16.5. The molecule has 0 spiro atoms. The lowest BCUT2D eigenvalue weighted by Gasteiger charge is -2.32. The van der Waals surface area contributed by atoms with Crippen molar-refractivity contribution in [2.75, 3.05) is 39.9 Å². The molecular weight excluding hydrogens is 720 g/mol. The number of H-pyrrole nitrogens is 1. The number of benzene rings is 4. The van der Waals surface area contributed by atoms with Gasteiger partial charge in [-0.2, -0.15) is 0 Å². The fourth-order valence-electron chi connectivity index (χ4n) is 6.90. The molecule has 1 saturated heterocycles. The van der Waals surface area contributed by atoms with Gasteiger partial charge in [-0.25, -0.2) is 4.79 Å². The number of likely N-dealkylation sites (tertiary alicyclic amines) is 1. The number of carbonyl (C=O) groups excluding carboxylic acids is 2. The summed E-state index contributed by atoms with van der Waals surface area (Å²) in [5.74, 6) is -1.09. The number of aromatic amines is 1. The van der Waals surface area contributed by atoms with E-state index in [0.29, 0.717) is 61.3 Å². The quantitative estimate of drug-likeness (QED) is 0.0821. The molecule has 0 bridgehead atoms. The number of nitrogens with one attached hydrogen (secondary N) is 3. The van der Waals surface area contributed by atoms with Gasteiger partial charge in [0, 0.05) is 60.9 Å². The molecule has 2 heterocycles. The largest absolute Gasteiger partial charge is 0.506 e. The van der Waals surface area contributed by atoms with Crippen LogP contribution in [0.5, 0.6) is 17.2 Å². The number of piperidine rings is 1. The Labute approximate surface area is 322 Å². The predicted octanol–water partition coefficient (Wildman–Crippen LogP) is 3.43. The van der Waals surface area contributed by atoms with Crippen LogP contribution in [0.15, 0.2) is 102 Å². The second-order valence-corrected chi connectivity index (χ2v) is 13.7. The number of phenolic OH excluding ortho intramolecular Hbond substituents is 1. The van der Waals surface area contributed by atoms with Gasteiger partial charge in [0.25, 0.3) is 11.8 Å². The summed E-state index contributed by atoms with van der Waals surface area (Å²) in [7, 11) is 1.51. The number of pyridine rings is 1. The number of hydrogen-bond acceptors (Lipinski definition) is 10. The summed E-state index contributed by atoms with van der Waals surface area (Å²) in [6.07, 6.45) is 0.432. The van der Waals surface area contributed by atoms with Crippen LogP contribution in [-0.2, 0) is 21.7 Å². The van der Waals surface area contributed by atoms with E-state index in [4.69, 9.17) is 9.47 Å². The molecule has 0 aliphatic carbocycles. The first-order chi connectivity index (χ1) is 27.0. The van der Waals surface area contributed by atoms with Crippen LogP contribution >= 0.6 is 0 Å². The van der Waals surface area contributed by atoms with Crippen LogP contribution < -0.4 is 25.7 Å². The Morgan fingerprint density at radius 1 is 0.946 bits per heavy atom. The van der Waals surface area contributed by atoms with Gasteiger partial charge in [0.1, 0.15) is 17.2 Å². The second kappa shape index (κ2) is 17.5. The SMILES string of the molecule is COc1cc(C(=O)NCC2CCN(C(=O)COc3cccc([C@](O)(C(=O)O)c4ccccc4)c3)CC2)ccc1CNC[C@H](O)c1ccc(O)c2[nH]c(=O)ccc12. The number of aliphatic hydroxyl groups excluding tert-OH is 1. The molecule has 2 amide bonds. The van der Waals surface area contributed by atoms with Crippen molar-refractivity contribution >= 4 is 28.7 Å². The van der Waals surface area contributed by atoms with E-state index >= 15 is 0 Å². The minimum absolute atomic E-state index is 0.0858. The van der Waals surface area contributed by atoms with Crippen LogP contribution in [0.2, 0.25) is 0 Å². The number of methoxy groups -OCH3 is 1. The van der Waals surface area contributed by atoms with E-state index in [9.17, 15) is 39.6 Å². The van der Waals surface area contributed by atoms with E-state index in [1.165, 1.54) is 43.5 Å². The smallest absolute Gasteiger partial charge is 0.345 e. The number of phenols is 1. The molecule has 14 nitrogen and oxygen atoms in total. The molecule has 1 aliphatic heterocycles. The summed E-state index contributed by atoms with van der Waals surface area (Å²) in [4.78, 5) is 54.3. The van der Waals surface area contributed by atoms with Crippen molar-refractivity contribution in [2.24, 2.45) is 5.92 Å². The van der Waals surface area contributed by atoms with Gasteiger partial charge >= 0.3 is 5.97 Å². The third-order valence-corrected chi connectivity index (χ3v) is 10.1. The van der Waals surface area contributed by atoms with Crippen molar-refractivity contribution < 1.29 is 44.3 Å². The number of hydrogen-bond donors (Lipinski definition) is 7. The summed E-state index contributed by atoms with van der Waals surface area (Å²) >= 11 is 0. The highest BCUT2D eigenvalue weighted by Crippen LogP contribution is 2.32. The molecule has 2 atom stereocenters. The number of carboxylic acid groups (broad SMARTS) is 1. The van der Waals surface area contributed by atoms with E-state index in [1.54, 1.807) is 65.6 Å². The normalized spacial score (nSPS) is 14.8. The summed E-state index contributed by atoms with van der Waals surface area (Å²) in [5.41, 5.74) is -0.351. The summed E-state index contributed by atoms with van der Waals surface area (Å²) in [6.45, 7) is 1.66. The monoisotopic (exact) mass is 764 g/mol. The average molecular weight is 765 g/mol. The Morgan fingerprint density at radius 3 is 2.43 bits per heavy atom. The number of nitrogens with zero attached hydrogens (tertiary/aromatic N) is 1. The maximum atomic E-state index is 13.1. The van der Waals surface area contributed by atoms with E-state index in [1.807, 2.05) is 0 Å². The highest BCUT2D eigenvalue weighted by Gasteiger charge is 2.40. The third-order valence-electron chi connectivity index (χ3n) is 10.1. The standard InChI is InChI=1S/C42H44N4O10/c1-55-36-20-27(10-11-28(36)23-43-24-35(48)32-12-14-34(47)39-33(32)13-15-37(49)45-39)40(51)44-22-26-16-18-46(19-17-26)38(50)25-56-31-9-5-8-30(21-31)42(54,41(52)53)29-6-3-2-4-7-29/h2-15,20-21,26,35,43,47-48,54H,16-19,22-25H2,1H3,(H,44,51)(H,45,49)(H,52,53)/t35-,42-/m0/s1. The minimum Gasteiger partial charge on any atom is -0.506 e. The van der Waals surface area contributed by atoms with Gasteiger partial charge in [0.15, 0.2) is 6.61 Å². The van der Waals surface area contributed by atoms with E-state index in [0.717, 1.165) is 5.56 Å². The van der Waals surface area contributed by atoms with Crippen LogP contribution in [0.1, 0.15) is 51.6 Å². The lowest BCUT2D eigenvalue weighted by atomic mass is 9.86. The lowest BCUT2D eigenvalue weighted by Crippen LogP contribution is -2.43. The van der Waals surface area contributed by atoms with Crippen molar-refractivity contribution in [3.63, 3.8) is 0 Å². The van der Waals surface area contributed by atoms with E-state index in [-0.39, 0.29) is 64.6 Å². The first-order valence-corrected chi connectivity index (χ1v) is 18.2. The molecular formula is C42H44N4O10. The van der Waals surface area contributed by atoms with Crippen LogP contribution in [0.4, 0.5) is 0 Å². The zero-order valence-electron chi connectivity index (χ0n) is 30.7. The second-order valence-electron chi connectivity index (χ2n) is 13.7. The number of aliphatic carboxylic acids is 1. The number of carbonyl (C=O) groups is 3. The van der Waals surface area contributed by atoms with Crippen LogP contribution in [0, 0.1) is 5.92 Å². The number of ether oxygens (including phenoxy) is 2. The summed E-state index contributed by atoms with van der Waals surface area (Å²) < 4.78 is 11.3. The maximum Gasteiger partial charge on any atom is 0.345 e. The first-order valence-electron chi connectivity index (χ1n) is 18.2. The molecule has 6 rings (SSSR count). The zero-order valence-corrected chi connectivity index (χ0v) is 30.7. The number of carboxylic acids is 1. The molecule has 56 heavy (non-hydrogen) atoms. The molecule has 0 unspecified atom stereocenters. The predicted molar refractivity (Wildman–Crippen MR) is 207 cm³/mol. The Kier molecular flexibility index (Phi) is 12.3. The molecule has 14 heteroatoms. The van der Waals surface area contributed by atoms with Gasteiger partial charge in [-0.15, -0.1) is 0 Å². The number of amides is 2. The molecule has 1 fully saturated rings. The Hall–Kier alpha value is -6.22. The third kappa shape index (κ3) is 8.84. The van der Waals surface area contributed by atoms with Gasteiger partial charge in [0.2, 0.25) is 11.2 Å². The first kappa shape index (κ1) is 39.5. The maximum absolute atomic E-state index is 13.1. The van der Waals surface area contributed by atoms with Crippen molar-refractivity contribution in [3.8, 4) is 17.2 Å².